The number of carbonyl (C=O) groups excluding carboxylic acids is 2. The van der Waals surface area contributed by atoms with Crippen LogP contribution in [0.5, 0.6) is 0 Å². The van der Waals surface area contributed by atoms with E-state index in [-0.39, 0.29) is 17.7 Å². The van der Waals surface area contributed by atoms with Gasteiger partial charge in [-0.3, -0.25) is 14.3 Å². The fourth-order valence-electron chi connectivity index (χ4n) is 2.74. The van der Waals surface area contributed by atoms with Crippen molar-refractivity contribution in [2.45, 2.75) is 58.5 Å². The Hall–Kier alpha value is -2.63. The van der Waals surface area contributed by atoms with Gasteiger partial charge in [0.1, 0.15) is 5.69 Å². The predicted molar refractivity (Wildman–Crippen MR) is 101 cm³/mol. The van der Waals surface area contributed by atoms with Gasteiger partial charge in [-0.15, -0.1) is 0 Å². The van der Waals surface area contributed by atoms with Crippen LogP contribution in [-0.4, -0.2) is 27.6 Å². The summed E-state index contributed by atoms with van der Waals surface area (Å²) in [6, 6.07) is 9.62. The lowest BCUT2D eigenvalue weighted by Gasteiger charge is -2.08. The lowest BCUT2D eigenvalue weighted by Crippen LogP contribution is -2.26. The highest BCUT2D eigenvalue weighted by Gasteiger charge is 2.23. The first-order valence-corrected chi connectivity index (χ1v) is 9.23. The SMILES string of the molecule is CCn1nc(C(C)C)cc1C(=O)Nc1ccc(CC(=O)NC2CC2)cc1. The molecule has 6 heteroatoms. The molecule has 0 spiro atoms. The first-order valence-electron chi connectivity index (χ1n) is 9.23. The molecule has 0 atom stereocenters. The largest absolute Gasteiger partial charge is 0.353 e. The minimum absolute atomic E-state index is 0.0531. The molecule has 0 bridgehead atoms. The van der Waals surface area contributed by atoms with Crippen LogP contribution in [0, 0.1) is 0 Å². The molecule has 0 radical (unpaired) electrons. The van der Waals surface area contributed by atoms with E-state index in [4.69, 9.17) is 0 Å². The Morgan fingerprint density at radius 2 is 1.92 bits per heavy atom. The summed E-state index contributed by atoms with van der Waals surface area (Å²) in [5.74, 6) is 0.151. The molecule has 6 nitrogen and oxygen atoms in total. The second-order valence-corrected chi connectivity index (χ2v) is 7.09. The molecular formula is C20H26N4O2. The minimum Gasteiger partial charge on any atom is -0.353 e. The van der Waals surface area contributed by atoms with Crippen LogP contribution in [0.15, 0.2) is 30.3 Å². The first kappa shape index (κ1) is 18.2. The number of hydrogen-bond donors (Lipinski definition) is 2. The lowest BCUT2D eigenvalue weighted by atomic mass is 10.1. The van der Waals surface area contributed by atoms with E-state index in [2.05, 4.69) is 29.6 Å². The topological polar surface area (TPSA) is 76.0 Å². The Kier molecular flexibility index (Phi) is 5.40. The van der Waals surface area contributed by atoms with Crippen LogP contribution in [0.3, 0.4) is 0 Å². The summed E-state index contributed by atoms with van der Waals surface area (Å²) in [4.78, 5) is 24.4. The summed E-state index contributed by atoms with van der Waals surface area (Å²) >= 11 is 0. The standard InChI is InChI=1S/C20H26N4O2/c1-4-24-18(12-17(23-24)13(2)3)20(26)22-16-7-5-14(6-8-16)11-19(25)21-15-9-10-15/h5-8,12-13,15H,4,9-11H2,1-3H3,(H,21,25)(H,22,26). The first-order chi connectivity index (χ1) is 12.5. The normalized spacial score (nSPS) is 13.7. The highest BCUT2D eigenvalue weighted by Crippen LogP contribution is 2.19. The van der Waals surface area contributed by atoms with E-state index in [1.165, 1.54) is 0 Å². The second-order valence-electron chi connectivity index (χ2n) is 7.09. The smallest absolute Gasteiger partial charge is 0.273 e. The predicted octanol–water partition coefficient (Wildman–Crippen LogP) is 3.10. The molecule has 1 aliphatic rings. The molecule has 0 aliphatic heterocycles. The Morgan fingerprint density at radius 3 is 2.50 bits per heavy atom. The van der Waals surface area contributed by atoms with E-state index in [9.17, 15) is 9.59 Å². The summed E-state index contributed by atoms with van der Waals surface area (Å²) in [7, 11) is 0. The Balaban J connectivity index is 1.63. The maximum atomic E-state index is 12.6. The molecule has 0 saturated heterocycles. The number of benzene rings is 1. The van der Waals surface area contributed by atoms with Crippen LogP contribution in [-0.2, 0) is 17.8 Å². The van der Waals surface area contributed by atoms with E-state index >= 15 is 0 Å². The average molecular weight is 354 g/mol. The van der Waals surface area contributed by atoms with Gasteiger partial charge in [-0.1, -0.05) is 26.0 Å². The highest BCUT2D eigenvalue weighted by molar-refractivity contribution is 6.03. The molecule has 1 aromatic heterocycles. The Labute approximate surface area is 154 Å². The summed E-state index contributed by atoms with van der Waals surface area (Å²) in [6.45, 7) is 6.73. The van der Waals surface area contributed by atoms with Crippen molar-refractivity contribution in [3.8, 4) is 0 Å². The third-order valence-corrected chi connectivity index (χ3v) is 4.44. The molecule has 1 fully saturated rings. The second kappa shape index (κ2) is 7.72. The molecule has 26 heavy (non-hydrogen) atoms. The van der Waals surface area contributed by atoms with Gasteiger partial charge in [0, 0.05) is 18.3 Å². The molecule has 2 aromatic rings. The van der Waals surface area contributed by atoms with Gasteiger partial charge in [0.25, 0.3) is 5.91 Å². The molecule has 2 N–H and O–H groups in total. The molecule has 1 heterocycles. The minimum atomic E-state index is -0.175. The summed E-state index contributed by atoms with van der Waals surface area (Å²) in [5.41, 5.74) is 3.11. The van der Waals surface area contributed by atoms with E-state index in [1.807, 2.05) is 37.3 Å². The van der Waals surface area contributed by atoms with Crippen molar-refractivity contribution in [2.24, 2.45) is 0 Å². The molecule has 138 valence electrons. The van der Waals surface area contributed by atoms with Crippen molar-refractivity contribution in [1.29, 1.82) is 0 Å². The van der Waals surface area contributed by atoms with Gasteiger partial charge in [0.05, 0.1) is 12.1 Å². The number of aromatic nitrogens is 2. The lowest BCUT2D eigenvalue weighted by molar-refractivity contribution is -0.120. The van der Waals surface area contributed by atoms with Gasteiger partial charge in [-0.2, -0.15) is 5.10 Å². The van der Waals surface area contributed by atoms with Crippen molar-refractivity contribution in [3.05, 3.63) is 47.3 Å². The number of hydrogen-bond acceptors (Lipinski definition) is 3. The molecule has 0 unspecified atom stereocenters. The number of anilines is 1. The monoisotopic (exact) mass is 354 g/mol. The van der Waals surface area contributed by atoms with Gasteiger partial charge >= 0.3 is 0 Å². The van der Waals surface area contributed by atoms with Gasteiger partial charge in [-0.25, -0.2) is 0 Å². The zero-order valence-corrected chi connectivity index (χ0v) is 15.6. The van der Waals surface area contributed by atoms with Crippen molar-refractivity contribution < 1.29 is 9.59 Å². The van der Waals surface area contributed by atoms with Crippen molar-refractivity contribution >= 4 is 17.5 Å². The molecule has 1 aliphatic carbocycles. The van der Waals surface area contributed by atoms with Crippen LogP contribution in [0.1, 0.15) is 61.3 Å². The third-order valence-electron chi connectivity index (χ3n) is 4.44. The molecule has 3 rings (SSSR count). The fraction of sp³-hybridized carbons (Fsp3) is 0.450. The summed E-state index contributed by atoms with van der Waals surface area (Å²) in [6.07, 6.45) is 2.54. The van der Waals surface area contributed by atoms with E-state index in [0.29, 0.717) is 30.4 Å². The average Bonchev–Trinajstić information content (AvgIpc) is 3.30. The number of nitrogens with one attached hydrogen (secondary N) is 2. The van der Waals surface area contributed by atoms with Crippen LogP contribution in [0.4, 0.5) is 5.69 Å². The number of amides is 2. The van der Waals surface area contributed by atoms with Gasteiger partial charge < -0.3 is 10.6 Å². The van der Waals surface area contributed by atoms with Crippen molar-refractivity contribution in [3.63, 3.8) is 0 Å². The molecule has 1 saturated carbocycles. The zero-order valence-electron chi connectivity index (χ0n) is 15.6. The number of rotatable bonds is 7. The van der Waals surface area contributed by atoms with Crippen LogP contribution in [0.2, 0.25) is 0 Å². The van der Waals surface area contributed by atoms with Gasteiger partial charge in [0.2, 0.25) is 5.91 Å². The molecular weight excluding hydrogens is 328 g/mol. The van der Waals surface area contributed by atoms with E-state index < -0.39 is 0 Å². The molecule has 2 amide bonds. The van der Waals surface area contributed by atoms with Crippen LogP contribution < -0.4 is 10.6 Å². The number of nitrogens with zero attached hydrogens (tertiary/aromatic N) is 2. The summed E-state index contributed by atoms with van der Waals surface area (Å²) < 4.78 is 1.72. The Bertz CT molecular complexity index is 789. The Morgan fingerprint density at radius 1 is 1.23 bits per heavy atom. The highest BCUT2D eigenvalue weighted by atomic mass is 16.2. The molecule has 1 aromatic carbocycles. The zero-order chi connectivity index (χ0) is 18.7. The maximum Gasteiger partial charge on any atom is 0.273 e. The van der Waals surface area contributed by atoms with Crippen molar-refractivity contribution in [2.75, 3.05) is 5.32 Å². The quantitative estimate of drug-likeness (QED) is 0.802. The fourth-order valence-corrected chi connectivity index (χ4v) is 2.74. The van der Waals surface area contributed by atoms with E-state index in [1.54, 1.807) is 4.68 Å². The van der Waals surface area contributed by atoms with Crippen LogP contribution in [0.25, 0.3) is 0 Å². The van der Waals surface area contributed by atoms with Gasteiger partial charge in [0.15, 0.2) is 0 Å². The maximum absolute atomic E-state index is 12.6. The summed E-state index contributed by atoms with van der Waals surface area (Å²) in [5, 5.41) is 10.4. The van der Waals surface area contributed by atoms with E-state index in [0.717, 1.165) is 24.1 Å². The number of aryl methyl sites for hydroxylation is 1. The van der Waals surface area contributed by atoms with Crippen LogP contribution >= 0.6 is 0 Å². The van der Waals surface area contributed by atoms with Gasteiger partial charge in [-0.05, 0) is 49.4 Å². The number of carbonyl (C=O) groups is 2. The third kappa shape index (κ3) is 4.50. The van der Waals surface area contributed by atoms with Crippen molar-refractivity contribution in [1.82, 2.24) is 15.1 Å².